The van der Waals surface area contributed by atoms with Crippen molar-refractivity contribution in [3.8, 4) is 0 Å². The molecule has 0 saturated carbocycles. The van der Waals surface area contributed by atoms with Crippen molar-refractivity contribution >= 4 is 21.6 Å². The first-order valence-electron chi connectivity index (χ1n) is 7.22. The van der Waals surface area contributed by atoms with Crippen molar-refractivity contribution < 1.29 is 9.66 Å². The van der Waals surface area contributed by atoms with Crippen LogP contribution in [0.15, 0.2) is 54.6 Å². The Morgan fingerprint density at radius 2 is 1.82 bits per heavy atom. The fraction of sp³-hybridized carbons (Fsp3) is 0.294. The van der Waals surface area contributed by atoms with E-state index in [1.807, 2.05) is 24.3 Å². The van der Waals surface area contributed by atoms with Crippen LogP contribution in [0.25, 0.3) is 0 Å². The van der Waals surface area contributed by atoms with Crippen LogP contribution < -0.4 is 0 Å². The monoisotopic (exact) mass is 361 g/mol. The Bertz CT molecular complexity index is 662. The molecule has 0 aromatic heterocycles. The number of rotatable bonds is 4. The van der Waals surface area contributed by atoms with Gasteiger partial charge in [0.05, 0.1) is 16.6 Å². The van der Waals surface area contributed by atoms with Crippen LogP contribution in [0.2, 0.25) is 0 Å². The summed E-state index contributed by atoms with van der Waals surface area (Å²) in [7, 11) is 0. The molecule has 4 nitrogen and oxygen atoms in total. The molecule has 22 heavy (non-hydrogen) atoms. The Morgan fingerprint density at radius 3 is 2.55 bits per heavy atom. The number of benzene rings is 2. The summed E-state index contributed by atoms with van der Waals surface area (Å²) in [6.07, 6.45) is 0.618. The van der Waals surface area contributed by atoms with E-state index in [2.05, 4.69) is 28.1 Å². The molecule has 114 valence electrons. The molecule has 1 aliphatic rings. The highest BCUT2D eigenvalue weighted by Crippen LogP contribution is 2.47. The van der Waals surface area contributed by atoms with Crippen LogP contribution in [0.4, 0.5) is 5.69 Å². The average Bonchev–Trinajstić information content (AvgIpc) is 3.04. The predicted molar refractivity (Wildman–Crippen MR) is 88.0 cm³/mol. The van der Waals surface area contributed by atoms with Gasteiger partial charge in [-0.3, -0.25) is 10.1 Å². The normalized spacial score (nSPS) is 22.4. The molecule has 1 saturated heterocycles. The summed E-state index contributed by atoms with van der Waals surface area (Å²) in [4.78, 5) is 11.0. The van der Waals surface area contributed by atoms with Crippen molar-refractivity contribution in [2.24, 2.45) is 5.92 Å². The average molecular weight is 362 g/mol. The molecule has 1 heterocycles. The highest BCUT2D eigenvalue weighted by molar-refractivity contribution is 9.09. The summed E-state index contributed by atoms with van der Waals surface area (Å²) in [6, 6.07) is 17.0. The first-order chi connectivity index (χ1) is 10.7. The van der Waals surface area contributed by atoms with Crippen molar-refractivity contribution in [2.75, 3.05) is 6.61 Å². The Morgan fingerprint density at radius 1 is 1.14 bits per heavy atom. The van der Waals surface area contributed by atoms with E-state index < -0.39 is 0 Å². The number of alkyl halides is 1. The molecular weight excluding hydrogens is 346 g/mol. The van der Waals surface area contributed by atoms with Gasteiger partial charge >= 0.3 is 0 Å². The van der Waals surface area contributed by atoms with Crippen LogP contribution in [-0.4, -0.2) is 11.5 Å². The molecule has 0 radical (unpaired) electrons. The second kappa shape index (κ2) is 6.58. The first-order valence-corrected chi connectivity index (χ1v) is 8.14. The molecule has 0 unspecified atom stereocenters. The van der Waals surface area contributed by atoms with E-state index in [1.165, 1.54) is 5.56 Å². The minimum atomic E-state index is -0.334. The highest BCUT2D eigenvalue weighted by atomic mass is 79.9. The number of halogens is 1. The SMILES string of the molecule is O=[N+]([O-])c1ccccc1[C@@H]1OCC[C@@H]1[C@@H](Br)c1ccccc1. The first kappa shape index (κ1) is 15.2. The summed E-state index contributed by atoms with van der Waals surface area (Å²) in [6.45, 7) is 0.621. The lowest BCUT2D eigenvalue weighted by Crippen LogP contribution is -2.14. The number of nitro benzene ring substituents is 1. The smallest absolute Gasteiger partial charge is 0.275 e. The third-order valence-electron chi connectivity index (χ3n) is 4.07. The Balaban J connectivity index is 1.93. The van der Waals surface area contributed by atoms with Gasteiger partial charge in [0.1, 0.15) is 0 Å². The Kier molecular flexibility index (Phi) is 4.55. The Labute approximate surface area is 137 Å². The quantitative estimate of drug-likeness (QED) is 0.446. The maximum Gasteiger partial charge on any atom is 0.275 e. The van der Waals surface area contributed by atoms with E-state index in [-0.39, 0.29) is 27.5 Å². The summed E-state index contributed by atoms with van der Waals surface area (Å²) in [5, 5.41) is 11.3. The van der Waals surface area contributed by atoms with Crippen LogP contribution in [-0.2, 0) is 4.74 Å². The predicted octanol–water partition coefficient (Wildman–Crippen LogP) is 4.81. The molecule has 0 bridgehead atoms. The van der Waals surface area contributed by atoms with E-state index in [0.717, 1.165) is 6.42 Å². The topological polar surface area (TPSA) is 52.4 Å². The van der Waals surface area contributed by atoms with E-state index in [1.54, 1.807) is 18.2 Å². The van der Waals surface area contributed by atoms with Gasteiger partial charge in [0.25, 0.3) is 5.69 Å². The van der Waals surface area contributed by atoms with Gasteiger partial charge in [-0.25, -0.2) is 0 Å². The third kappa shape index (κ3) is 2.91. The van der Waals surface area contributed by atoms with E-state index in [4.69, 9.17) is 4.74 Å². The fourth-order valence-corrected chi connectivity index (χ4v) is 3.85. The minimum Gasteiger partial charge on any atom is -0.373 e. The zero-order valence-electron chi connectivity index (χ0n) is 11.9. The molecule has 0 spiro atoms. The van der Waals surface area contributed by atoms with Crippen LogP contribution in [0.3, 0.4) is 0 Å². The van der Waals surface area contributed by atoms with Gasteiger partial charge in [-0.05, 0) is 18.1 Å². The zero-order valence-corrected chi connectivity index (χ0v) is 13.5. The van der Waals surface area contributed by atoms with Crippen LogP contribution >= 0.6 is 15.9 Å². The Hall–Kier alpha value is -1.72. The molecule has 0 aliphatic carbocycles. The largest absolute Gasteiger partial charge is 0.373 e. The molecule has 2 aromatic carbocycles. The number of ether oxygens (including phenoxy) is 1. The van der Waals surface area contributed by atoms with Gasteiger partial charge in [-0.2, -0.15) is 0 Å². The lowest BCUT2D eigenvalue weighted by molar-refractivity contribution is -0.386. The van der Waals surface area contributed by atoms with Gasteiger partial charge in [0, 0.05) is 23.4 Å². The summed E-state index contributed by atoms with van der Waals surface area (Å²) in [5.74, 6) is 0.170. The summed E-state index contributed by atoms with van der Waals surface area (Å²) >= 11 is 3.76. The van der Waals surface area contributed by atoms with Crippen molar-refractivity contribution in [3.63, 3.8) is 0 Å². The van der Waals surface area contributed by atoms with Crippen molar-refractivity contribution in [3.05, 3.63) is 75.8 Å². The van der Waals surface area contributed by atoms with E-state index in [9.17, 15) is 10.1 Å². The number of hydrogen-bond acceptors (Lipinski definition) is 3. The van der Waals surface area contributed by atoms with Gasteiger partial charge < -0.3 is 4.74 Å². The number of nitro groups is 1. The standard InChI is InChI=1S/C17H16BrNO3/c18-16(12-6-2-1-3-7-12)14-10-11-22-17(14)13-8-4-5-9-15(13)19(20)21/h1-9,14,16-17H,10-11H2/t14-,16+,17+/m1/s1. The maximum absolute atomic E-state index is 11.3. The minimum absolute atomic E-state index is 0.112. The maximum atomic E-state index is 11.3. The van der Waals surface area contributed by atoms with Crippen molar-refractivity contribution in [1.82, 2.24) is 0 Å². The van der Waals surface area contributed by atoms with Crippen molar-refractivity contribution in [1.29, 1.82) is 0 Å². The number of nitrogens with zero attached hydrogens (tertiary/aromatic N) is 1. The lowest BCUT2D eigenvalue weighted by atomic mass is 9.88. The molecule has 3 atom stereocenters. The zero-order chi connectivity index (χ0) is 15.5. The molecule has 3 rings (SSSR count). The lowest BCUT2D eigenvalue weighted by Gasteiger charge is -2.24. The van der Waals surface area contributed by atoms with Gasteiger partial charge in [0.2, 0.25) is 0 Å². The van der Waals surface area contributed by atoms with Crippen LogP contribution in [0.5, 0.6) is 0 Å². The molecule has 0 amide bonds. The summed E-state index contributed by atoms with van der Waals surface area (Å²) in [5.41, 5.74) is 1.96. The van der Waals surface area contributed by atoms with Gasteiger partial charge in [-0.1, -0.05) is 58.4 Å². The van der Waals surface area contributed by atoms with Crippen molar-refractivity contribution in [2.45, 2.75) is 17.4 Å². The fourth-order valence-electron chi connectivity index (χ4n) is 3.00. The summed E-state index contributed by atoms with van der Waals surface area (Å²) < 4.78 is 5.85. The molecule has 1 fully saturated rings. The van der Waals surface area contributed by atoms with Crippen LogP contribution in [0.1, 0.15) is 28.5 Å². The second-order valence-corrected chi connectivity index (χ2v) is 6.36. The van der Waals surface area contributed by atoms with Gasteiger partial charge in [0.15, 0.2) is 0 Å². The number of hydrogen-bond donors (Lipinski definition) is 0. The third-order valence-corrected chi connectivity index (χ3v) is 5.28. The van der Waals surface area contributed by atoms with Gasteiger partial charge in [-0.15, -0.1) is 0 Å². The second-order valence-electron chi connectivity index (χ2n) is 5.37. The molecule has 5 heteroatoms. The van der Waals surface area contributed by atoms with E-state index >= 15 is 0 Å². The number of para-hydroxylation sites is 1. The molecule has 0 N–H and O–H groups in total. The molecule has 1 aliphatic heterocycles. The highest BCUT2D eigenvalue weighted by Gasteiger charge is 2.38. The van der Waals surface area contributed by atoms with Crippen LogP contribution in [0, 0.1) is 16.0 Å². The molecule has 2 aromatic rings. The molecular formula is C17H16BrNO3. The van der Waals surface area contributed by atoms with E-state index in [0.29, 0.717) is 12.2 Å².